The third-order valence-electron chi connectivity index (χ3n) is 12.7. The van der Waals surface area contributed by atoms with Crippen molar-refractivity contribution >= 4 is 5.91 Å². The Morgan fingerprint density at radius 1 is 0.540 bits per heavy atom. The molecule has 7 unspecified atom stereocenters. The Morgan fingerprint density at radius 3 is 1.38 bits per heavy atom. The van der Waals surface area contributed by atoms with Gasteiger partial charge in [-0.05, 0) is 51.4 Å². The van der Waals surface area contributed by atoms with Crippen LogP contribution in [-0.2, 0) is 14.3 Å². The van der Waals surface area contributed by atoms with E-state index in [4.69, 9.17) is 9.47 Å². The number of amides is 1. The molecule has 1 amide bonds. The molecule has 0 aliphatic carbocycles. The van der Waals surface area contributed by atoms with E-state index in [9.17, 15) is 30.3 Å². The quantitative estimate of drug-likeness (QED) is 0.0261. The summed E-state index contributed by atoms with van der Waals surface area (Å²) in [4.78, 5) is 13.0. The third kappa shape index (κ3) is 34.4. The number of ether oxygens (including phenoxy) is 2. The van der Waals surface area contributed by atoms with E-state index in [0.29, 0.717) is 6.42 Å². The molecule has 6 N–H and O–H groups in total. The smallest absolute Gasteiger partial charge is 0.220 e. The first kappa shape index (κ1) is 59.4. The zero-order chi connectivity index (χ0) is 45.9. The van der Waals surface area contributed by atoms with Gasteiger partial charge in [0.25, 0.3) is 0 Å². The predicted octanol–water partition coefficient (Wildman–Crippen LogP) is 12.4. The van der Waals surface area contributed by atoms with Crippen LogP contribution in [0.5, 0.6) is 0 Å². The molecular formula is C54H101NO8. The van der Waals surface area contributed by atoms with Crippen LogP contribution >= 0.6 is 0 Å². The number of carbonyl (C=O) groups is 1. The van der Waals surface area contributed by atoms with E-state index in [1.807, 2.05) is 6.08 Å². The maximum Gasteiger partial charge on any atom is 0.220 e. The molecular weight excluding hydrogens is 791 g/mol. The lowest BCUT2D eigenvalue weighted by Crippen LogP contribution is -2.60. The fourth-order valence-corrected chi connectivity index (χ4v) is 8.42. The fraction of sp³-hybridized carbons (Fsp3) is 0.870. The molecule has 1 aliphatic heterocycles. The van der Waals surface area contributed by atoms with Gasteiger partial charge in [0.1, 0.15) is 24.4 Å². The second-order valence-electron chi connectivity index (χ2n) is 18.7. The van der Waals surface area contributed by atoms with Crippen molar-refractivity contribution in [2.45, 2.75) is 288 Å². The number of carbonyl (C=O) groups excluding carboxylic acids is 1. The Labute approximate surface area is 387 Å². The number of nitrogens with one attached hydrogen (secondary N) is 1. The van der Waals surface area contributed by atoms with Gasteiger partial charge in [0.2, 0.25) is 5.91 Å². The number of allylic oxidation sites excluding steroid dienone is 5. The molecule has 0 saturated carbocycles. The van der Waals surface area contributed by atoms with Crippen LogP contribution in [0.1, 0.15) is 245 Å². The van der Waals surface area contributed by atoms with E-state index in [1.54, 1.807) is 6.08 Å². The van der Waals surface area contributed by atoms with Crippen LogP contribution < -0.4 is 5.32 Å². The van der Waals surface area contributed by atoms with Crippen molar-refractivity contribution < 1.29 is 39.8 Å². The lowest BCUT2D eigenvalue weighted by Gasteiger charge is -2.40. The van der Waals surface area contributed by atoms with Gasteiger partial charge in [0.15, 0.2) is 6.29 Å². The minimum Gasteiger partial charge on any atom is -0.394 e. The van der Waals surface area contributed by atoms with Crippen molar-refractivity contribution in [2.75, 3.05) is 13.2 Å². The van der Waals surface area contributed by atoms with Crippen LogP contribution in [0, 0.1) is 0 Å². The molecule has 1 fully saturated rings. The summed E-state index contributed by atoms with van der Waals surface area (Å²) in [5.74, 6) is -0.183. The molecule has 1 saturated heterocycles. The van der Waals surface area contributed by atoms with Crippen LogP contribution in [0.2, 0.25) is 0 Å². The SMILES string of the molecule is CCCCCC/C=C\C/C=C\CCCCCCCCCC(=O)NC(COC1OC(CO)C(O)C(O)C1O)C(O)/C=C/CCCCCCCCCCCCCCCCCCCCCC. The first-order chi connectivity index (χ1) is 30.8. The highest BCUT2D eigenvalue weighted by molar-refractivity contribution is 5.76. The molecule has 1 aliphatic rings. The third-order valence-corrected chi connectivity index (χ3v) is 12.7. The topological polar surface area (TPSA) is 149 Å². The van der Waals surface area contributed by atoms with Crippen molar-refractivity contribution in [1.82, 2.24) is 5.32 Å². The molecule has 0 aromatic rings. The summed E-state index contributed by atoms with van der Waals surface area (Å²) in [6.07, 6.45) is 49.1. The lowest BCUT2D eigenvalue weighted by atomic mass is 9.99. The van der Waals surface area contributed by atoms with E-state index < -0.39 is 49.5 Å². The van der Waals surface area contributed by atoms with Crippen molar-refractivity contribution in [3.63, 3.8) is 0 Å². The van der Waals surface area contributed by atoms with Gasteiger partial charge in [-0.25, -0.2) is 0 Å². The summed E-state index contributed by atoms with van der Waals surface area (Å²) in [6.45, 7) is 3.77. The maximum absolute atomic E-state index is 13.0. The van der Waals surface area contributed by atoms with Crippen molar-refractivity contribution in [3.05, 3.63) is 36.5 Å². The molecule has 9 heteroatoms. The number of aliphatic hydroxyl groups excluding tert-OH is 5. The molecule has 1 rings (SSSR count). The van der Waals surface area contributed by atoms with Crippen molar-refractivity contribution in [2.24, 2.45) is 0 Å². The summed E-state index contributed by atoms with van der Waals surface area (Å²) >= 11 is 0. The first-order valence-corrected chi connectivity index (χ1v) is 26.7. The average molecular weight is 892 g/mol. The minimum absolute atomic E-state index is 0.183. The summed E-state index contributed by atoms with van der Waals surface area (Å²) in [5, 5.41) is 54.4. The Morgan fingerprint density at radius 2 is 0.937 bits per heavy atom. The number of hydrogen-bond donors (Lipinski definition) is 6. The van der Waals surface area contributed by atoms with Gasteiger partial charge in [-0.15, -0.1) is 0 Å². The lowest BCUT2D eigenvalue weighted by molar-refractivity contribution is -0.302. The van der Waals surface area contributed by atoms with Crippen LogP contribution in [0.3, 0.4) is 0 Å². The molecule has 0 aromatic heterocycles. The second-order valence-corrected chi connectivity index (χ2v) is 18.7. The van der Waals surface area contributed by atoms with Crippen LogP contribution in [0.25, 0.3) is 0 Å². The number of aliphatic hydroxyl groups is 5. The molecule has 370 valence electrons. The normalized spacial score (nSPS) is 20.4. The summed E-state index contributed by atoms with van der Waals surface area (Å²) in [7, 11) is 0. The monoisotopic (exact) mass is 892 g/mol. The van der Waals surface area contributed by atoms with Crippen LogP contribution in [0.15, 0.2) is 36.5 Å². The highest BCUT2D eigenvalue weighted by Gasteiger charge is 2.44. The average Bonchev–Trinajstić information content (AvgIpc) is 3.28. The van der Waals surface area contributed by atoms with E-state index in [0.717, 1.165) is 57.8 Å². The summed E-state index contributed by atoms with van der Waals surface area (Å²) < 4.78 is 11.2. The number of unbranched alkanes of at least 4 members (excludes halogenated alkanes) is 31. The first-order valence-electron chi connectivity index (χ1n) is 26.7. The molecule has 1 heterocycles. The van der Waals surface area contributed by atoms with Gasteiger partial charge in [-0.3, -0.25) is 4.79 Å². The largest absolute Gasteiger partial charge is 0.394 e. The molecule has 0 radical (unpaired) electrons. The van der Waals surface area contributed by atoms with Gasteiger partial charge in [0.05, 0.1) is 25.4 Å². The van der Waals surface area contributed by atoms with E-state index in [-0.39, 0.29) is 12.5 Å². The molecule has 7 atom stereocenters. The standard InChI is InChI=1S/C54H101NO8/c1-3-5-7-9-11-13-15-17-19-21-23-24-25-26-27-29-31-33-35-37-39-41-43-48(57)47(46-62-54-53(61)52(60)51(59)49(45-56)63-54)55-50(58)44-42-40-38-36-34-32-30-28-22-20-18-16-14-12-10-8-6-4-2/h14,16,20,22,41,43,47-49,51-54,56-57,59-61H,3-13,15,17-19,21,23-40,42,44-46H2,1-2H3,(H,55,58)/b16-14-,22-20-,43-41+. The summed E-state index contributed by atoms with van der Waals surface area (Å²) in [6, 6.07) is -0.809. The Bertz CT molecular complexity index is 1080. The molecule has 63 heavy (non-hydrogen) atoms. The maximum atomic E-state index is 13.0. The Balaban J connectivity index is 2.28. The van der Waals surface area contributed by atoms with Gasteiger partial charge in [-0.2, -0.15) is 0 Å². The van der Waals surface area contributed by atoms with E-state index in [1.165, 1.54) is 167 Å². The van der Waals surface area contributed by atoms with Gasteiger partial charge in [0, 0.05) is 6.42 Å². The minimum atomic E-state index is -1.57. The van der Waals surface area contributed by atoms with Crippen LogP contribution in [0.4, 0.5) is 0 Å². The van der Waals surface area contributed by atoms with Crippen LogP contribution in [-0.4, -0.2) is 87.5 Å². The highest BCUT2D eigenvalue weighted by atomic mass is 16.7. The van der Waals surface area contributed by atoms with Gasteiger partial charge < -0.3 is 40.3 Å². The van der Waals surface area contributed by atoms with E-state index >= 15 is 0 Å². The highest BCUT2D eigenvalue weighted by Crippen LogP contribution is 2.23. The Kier molecular flexibility index (Phi) is 41.7. The second kappa shape index (κ2) is 44.3. The van der Waals surface area contributed by atoms with Gasteiger partial charge >= 0.3 is 0 Å². The molecule has 9 nitrogen and oxygen atoms in total. The molecule has 0 spiro atoms. The summed E-state index contributed by atoms with van der Waals surface area (Å²) in [5.41, 5.74) is 0. The zero-order valence-corrected chi connectivity index (χ0v) is 40.8. The number of hydrogen-bond acceptors (Lipinski definition) is 8. The zero-order valence-electron chi connectivity index (χ0n) is 40.8. The van der Waals surface area contributed by atoms with E-state index in [2.05, 4.69) is 43.5 Å². The molecule has 0 aromatic carbocycles. The van der Waals surface area contributed by atoms with Crippen molar-refractivity contribution in [3.8, 4) is 0 Å². The number of rotatable bonds is 45. The molecule has 0 bridgehead atoms. The predicted molar refractivity (Wildman–Crippen MR) is 263 cm³/mol. The van der Waals surface area contributed by atoms with Crippen molar-refractivity contribution in [1.29, 1.82) is 0 Å². The fourth-order valence-electron chi connectivity index (χ4n) is 8.42. The Hall–Kier alpha value is -1.59. The van der Waals surface area contributed by atoms with Gasteiger partial charge in [-0.1, -0.05) is 224 Å².